The molecule has 2 N–H and O–H groups in total. The van der Waals surface area contributed by atoms with Crippen molar-refractivity contribution in [2.45, 2.75) is 20.5 Å². The second-order valence-electron chi connectivity index (χ2n) is 7.57. The van der Waals surface area contributed by atoms with Gasteiger partial charge in [0.2, 0.25) is 0 Å². The van der Waals surface area contributed by atoms with E-state index in [1.54, 1.807) is 7.11 Å². The van der Waals surface area contributed by atoms with Crippen molar-refractivity contribution in [2.24, 2.45) is 0 Å². The second kappa shape index (κ2) is 6.95. The molecule has 150 valence electrons. The van der Waals surface area contributed by atoms with Gasteiger partial charge in [-0.15, -0.1) is 0 Å². The van der Waals surface area contributed by atoms with Crippen LogP contribution < -0.4 is 4.74 Å². The SMILES string of the molecule is COc1ccc2[nH]c3c(C)c4c(C)c(C(=O)OCc5ccccc5)[nH]c4cc3c2c1. The fourth-order valence-corrected chi connectivity index (χ4v) is 4.24. The van der Waals surface area contributed by atoms with E-state index in [9.17, 15) is 4.79 Å². The fraction of sp³-hybridized carbons (Fsp3) is 0.160. The first-order valence-electron chi connectivity index (χ1n) is 9.89. The third-order valence-corrected chi connectivity index (χ3v) is 5.78. The van der Waals surface area contributed by atoms with Gasteiger partial charge in [-0.1, -0.05) is 30.3 Å². The molecule has 2 heterocycles. The van der Waals surface area contributed by atoms with Gasteiger partial charge in [-0.25, -0.2) is 4.79 Å². The molecule has 0 radical (unpaired) electrons. The maximum Gasteiger partial charge on any atom is 0.355 e. The first-order chi connectivity index (χ1) is 14.6. The second-order valence-corrected chi connectivity index (χ2v) is 7.57. The van der Waals surface area contributed by atoms with Gasteiger partial charge in [0.25, 0.3) is 0 Å². The summed E-state index contributed by atoms with van der Waals surface area (Å²) < 4.78 is 10.9. The summed E-state index contributed by atoms with van der Waals surface area (Å²) in [7, 11) is 1.67. The average Bonchev–Trinajstić information content (AvgIpc) is 3.31. The topological polar surface area (TPSA) is 67.1 Å². The Bertz CT molecular complexity index is 1410. The van der Waals surface area contributed by atoms with Crippen LogP contribution in [-0.2, 0) is 11.3 Å². The Morgan fingerprint density at radius 3 is 2.47 bits per heavy atom. The van der Waals surface area contributed by atoms with Crippen LogP contribution in [0.2, 0.25) is 0 Å². The Kier molecular flexibility index (Phi) is 4.24. The van der Waals surface area contributed by atoms with Crippen LogP contribution in [0, 0.1) is 13.8 Å². The molecule has 5 rings (SSSR count). The van der Waals surface area contributed by atoms with E-state index in [0.717, 1.165) is 55.1 Å². The zero-order valence-electron chi connectivity index (χ0n) is 17.1. The summed E-state index contributed by atoms with van der Waals surface area (Å²) in [5.74, 6) is 0.469. The van der Waals surface area contributed by atoms with Crippen molar-refractivity contribution < 1.29 is 14.3 Å². The maximum absolute atomic E-state index is 12.8. The van der Waals surface area contributed by atoms with Crippen molar-refractivity contribution in [2.75, 3.05) is 7.11 Å². The molecule has 0 aliphatic carbocycles. The number of H-pyrrole nitrogens is 2. The summed E-state index contributed by atoms with van der Waals surface area (Å²) in [4.78, 5) is 19.6. The van der Waals surface area contributed by atoms with E-state index < -0.39 is 0 Å². The zero-order chi connectivity index (χ0) is 20.8. The number of aromatic nitrogens is 2. The number of carbonyl (C=O) groups is 1. The highest BCUT2D eigenvalue weighted by molar-refractivity contribution is 6.15. The van der Waals surface area contributed by atoms with E-state index in [-0.39, 0.29) is 12.6 Å². The molecule has 2 aromatic heterocycles. The molecule has 5 nitrogen and oxygen atoms in total. The number of aromatic amines is 2. The quantitative estimate of drug-likeness (QED) is 0.377. The molecule has 0 spiro atoms. The minimum atomic E-state index is -0.345. The number of ether oxygens (including phenoxy) is 2. The van der Waals surface area contributed by atoms with Crippen LogP contribution in [-0.4, -0.2) is 23.0 Å². The number of benzene rings is 3. The van der Waals surface area contributed by atoms with E-state index in [1.165, 1.54) is 0 Å². The number of carbonyl (C=O) groups excluding carboxylic acids is 1. The monoisotopic (exact) mass is 398 g/mol. The third-order valence-electron chi connectivity index (χ3n) is 5.78. The van der Waals surface area contributed by atoms with Gasteiger partial charge in [-0.3, -0.25) is 0 Å². The van der Waals surface area contributed by atoms with Gasteiger partial charge in [0.1, 0.15) is 18.1 Å². The number of esters is 1. The van der Waals surface area contributed by atoms with Crippen LogP contribution in [0.15, 0.2) is 54.6 Å². The predicted molar refractivity (Wildman–Crippen MR) is 119 cm³/mol. The van der Waals surface area contributed by atoms with Crippen molar-refractivity contribution >= 4 is 38.7 Å². The number of aryl methyl sites for hydroxylation is 2. The molecular formula is C25H22N2O3. The van der Waals surface area contributed by atoms with E-state index in [0.29, 0.717) is 5.69 Å². The molecule has 5 heteroatoms. The van der Waals surface area contributed by atoms with Crippen LogP contribution in [0.5, 0.6) is 5.75 Å². The van der Waals surface area contributed by atoms with Gasteiger partial charge in [-0.05, 0) is 54.8 Å². The van der Waals surface area contributed by atoms with Crippen molar-refractivity contribution in [1.29, 1.82) is 0 Å². The third kappa shape index (κ3) is 2.82. The average molecular weight is 398 g/mol. The lowest BCUT2D eigenvalue weighted by Gasteiger charge is -2.04. The molecule has 30 heavy (non-hydrogen) atoms. The fourth-order valence-electron chi connectivity index (χ4n) is 4.24. The smallest absolute Gasteiger partial charge is 0.355 e. The molecule has 0 aliphatic heterocycles. The van der Waals surface area contributed by atoms with Crippen molar-refractivity contribution in [1.82, 2.24) is 9.97 Å². The first kappa shape index (κ1) is 18.3. The van der Waals surface area contributed by atoms with Crippen LogP contribution >= 0.6 is 0 Å². The summed E-state index contributed by atoms with van der Waals surface area (Å²) in [6.45, 7) is 4.29. The number of fused-ring (bicyclic) bond motifs is 4. The molecule has 0 bridgehead atoms. The molecule has 0 fully saturated rings. The van der Waals surface area contributed by atoms with Gasteiger partial charge < -0.3 is 19.4 Å². The van der Waals surface area contributed by atoms with Crippen molar-refractivity contribution in [3.63, 3.8) is 0 Å². The minimum Gasteiger partial charge on any atom is -0.497 e. The van der Waals surface area contributed by atoms with Crippen molar-refractivity contribution in [3.8, 4) is 5.75 Å². The lowest BCUT2D eigenvalue weighted by molar-refractivity contribution is 0.0466. The summed E-state index contributed by atoms with van der Waals surface area (Å²) in [5.41, 5.74) is 6.52. The van der Waals surface area contributed by atoms with E-state index in [4.69, 9.17) is 9.47 Å². The number of nitrogens with one attached hydrogen (secondary N) is 2. The molecule has 0 saturated carbocycles. The lowest BCUT2D eigenvalue weighted by atomic mass is 10.0. The Balaban J connectivity index is 1.59. The summed E-state index contributed by atoms with van der Waals surface area (Å²) in [5, 5.41) is 3.24. The van der Waals surface area contributed by atoms with Crippen LogP contribution in [0.1, 0.15) is 27.2 Å². The highest BCUT2D eigenvalue weighted by atomic mass is 16.5. The molecule has 0 saturated heterocycles. The summed E-state index contributed by atoms with van der Waals surface area (Å²) >= 11 is 0. The lowest BCUT2D eigenvalue weighted by Crippen LogP contribution is -2.07. The van der Waals surface area contributed by atoms with Gasteiger partial charge in [0, 0.05) is 27.2 Å². The summed E-state index contributed by atoms with van der Waals surface area (Å²) in [6, 6.07) is 17.8. The maximum atomic E-state index is 12.8. The van der Waals surface area contributed by atoms with Crippen LogP contribution in [0.25, 0.3) is 32.7 Å². The Morgan fingerprint density at radius 2 is 1.70 bits per heavy atom. The molecule has 0 aliphatic rings. The predicted octanol–water partition coefficient (Wildman–Crippen LogP) is 5.78. The molecule has 0 amide bonds. The largest absolute Gasteiger partial charge is 0.497 e. The Morgan fingerprint density at radius 1 is 0.900 bits per heavy atom. The van der Waals surface area contributed by atoms with E-state index >= 15 is 0 Å². The van der Waals surface area contributed by atoms with Gasteiger partial charge >= 0.3 is 5.97 Å². The van der Waals surface area contributed by atoms with E-state index in [1.807, 2.05) is 55.5 Å². The van der Waals surface area contributed by atoms with Gasteiger partial charge in [0.05, 0.1) is 12.6 Å². The number of methoxy groups -OCH3 is 1. The number of hydrogen-bond acceptors (Lipinski definition) is 3. The molecule has 0 atom stereocenters. The summed E-state index contributed by atoms with van der Waals surface area (Å²) in [6.07, 6.45) is 0. The Hall–Kier alpha value is -3.73. The molecule has 3 aromatic carbocycles. The normalized spacial score (nSPS) is 11.4. The Labute approximate surface area is 173 Å². The number of hydrogen-bond donors (Lipinski definition) is 2. The molecule has 0 unspecified atom stereocenters. The van der Waals surface area contributed by atoms with E-state index in [2.05, 4.69) is 23.0 Å². The highest BCUT2D eigenvalue weighted by Gasteiger charge is 2.20. The van der Waals surface area contributed by atoms with Crippen molar-refractivity contribution in [3.05, 3.63) is 77.0 Å². The van der Waals surface area contributed by atoms with Gasteiger partial charge in [-0.2, -0.15) is 0 Å². The highest BCUT2D eigenvalue weighted by Crippen LogP contribution is 2.36. The minimum absolute atomic E-state index is 0.249. The standard InChI is InChI=1S/C25H22N2O3/c1-14-22-15(2)24(25(28)30-13-16-7-5-4-6-8-16)27-21(22)12-19-18-11-17(29-3)9-10-20(18)26-23(14)19/h4-12,26-27H,13H2,1-3H3. The first-order valence-corrected chi connectivity index (χ1v) is 9.89. The molecule has 5 aromatic rings. The van der Waals surface area contributed by atoms with Gasteiger partial charge in [0.15, 0.2) is 0 Å². The van der Waals surface area contributed by atoms with Crippen LogP contribution in [0.4, 0.5) is 0 Å². The number of rotatable bonds is 4. The zero-order valence-corrected chi connectivity index (χ0v) is 17.1. The molecular weight excluding hydrogens is 376 g/mol. The van der Waals surface area contributed by atoms with Crippen LogP contribution in [0.3, 0.4) is 0 Å².